The second-order valence-electron chi connectivity index (χ2n) is 3.76. The van der Waals surface area contributed by atoms with Gasteiger partial charge in [0, 0.05) is 11.2 Å². The van der Waals surface area contributed by atoms with Crippen molar-refractivity contribution in [2.75, 3.05) is 12.3 Å². The molecule has 0 unspecified atom stereocenters. The first-order valence-corrected chi connectivity index (χ1v) is 5.71. The molecule has 1 heterocycles. The molecule has 0 spiro atoms. The predicted molar refractivity (Wildman–Crippen MR) is 68.3 cm³/mol. The quantitative estimate of drug-likeness (QED) is 0.908. The predicted octanol–water partition coefficient (Wildman–Crippen LogP) is 2.51. The highest BCUT2D eigenvalue weighted by molar-refractivity contribution is 6.30. The first-order valence-electron chi connectivity index (χ1n) is 5.33. The van der Waals surface area contributed by atoms with Crippen LogP contribution in [-0.2, 0) is 6.54 Å². The van der Waals surface area contributed by atoms with Crippen LogP contribution in [-0.4, -0.2) is 16.4 Å². The molecular formula is C12H14ClN3O. The summed E-state index contributed by atoms with van der Waals surface area (Å²) in [4.78, 5) is 0. The van der Waals surface area contributed by atoms with E-state index in [1.807, 2.05) is 31.3 Å². The van der Waals surface area contributed by atoms with Gasteiger partial charge in [0.1, 0.15) is 18.2 Å². The summed E-state index contributed by atoms with van der Waals surface area (Å²) in [5.74, 6) is 1.32. The highest BCUT2D eigenvalue weighted by Gasteiger charge is 2.01. The van der Waals surface area contributed by atoms with Gasteiger partial charge in [-0.2, -0.15) is 5.10 Å². The fraction of sp³-hybridized carbons (Fsp3) is 0.250. The Bertz CT molecular complexity index is 510. The second kappa shape index (κ2) is 5.10. The summed E-state index contributed by atoms with van der Waals surface area (Å²) in [5.41, 5.74) is 6.58. The molecule has 1 aromatic heterocycles. The van der Waals surface area contributed by atoms with Gasteiger partial charge in [-0.25, -0.2) is 0 Å². The number of nitrogen functional groups attached to an aromatic ring is 1. The number of rotatable bonds is 4. The number of benzene rings is 1. The Morgan fingerprint density at radius 3 is 2.94 bits per heavy atom. The van der Waals surface area contributed by atoms with Gasteiger partial charge >= 0.3 is 0 Å². The van der Waals surface area contributed by atoms with Crippen molar-refractivity contribution in [3.05, 3.63) is 41.0 Å². The summed E-state index contributed by atoms with van der Waals surface area (Å²) in [6.45, 7) is 3.17. The number of nitrogens with zero attached hydrogens (tertiary/aromatic N) is 2. The fourth-order valence-electron chi connectivity index (χ4n) is 1.48. The van der Waals surface area contributed by atoms with Crippen molar-refractivity contribution in [2.45, 2.75) is 13.5 Å². The third-order valence-corrected chi connectivity index (χ3v) is 2.62. The molecule has 4 nitrogen and oxygen atoms in total. The lowest BCUT2D eigenvalue weighted by atomic mass is 10.2. The van der Waals surface area contributed by atoms with Gasteiger partial charge in [0.25, 0.3) is 0 Å². The fourth-order valence-corrected chi connectivity index (χ4v) is 1.64. The summed E-state index contributed by atoms with van der Waals surface area (Å²) >= 11 is 5.90. The monoisotopic (exact) mass is 251 g/mol. The van der Waals surface area contributed by atoms with Crippen molar-refractivity contribution < 1.29 is 4.74 Å². The Hall–Kier alpha value is -1.68. The molecule has 0 saturated carbocycles. The van der Waals surface area contributed by atoms with Crippen molar-refractivity contribution >= 4 is 17.4 Å². The number of ether oxygens (including phenoxy) is 1. The number of halogens is 1. The molecule has 2 aromatic rings. The van der Waals surface area contributed by atoms with Gasteiger partial charge in [-0.1, -0.05) is 17.7 Å². The maximum absolute atomic E-state index is 5.90. The molecule has 0 aliphatic heterocycles. The standard InChI is InChI=1S/C12H14ClN3O/c1-9-2-3-10(13)8-11(9)17-7-6-16-5-4-12(14)15-16/h2-5,8H,6-7H2,1H3,(H2,14,15). The molecule has 2 N–H and O–H groups in total. The number of aromatic nitrogens is 2. The summed E-state index contributed by atoms with van der Waals surface area (Å²) in [6.07, 6.45) is 1.82. The third kappa shape index (κ3) is 3.14. The van der Waals surface area contributed by atoms with E-state index >= 15 is 0 Å². The summed E-state index contributed by atoms with van der Waals surface area (Å²) in [5, 5.41) is 4.75. The van der Waals surface area contributed by atoms with E-state index in [0.717, 1.165) is 11.3 Å². The minimum atomic E-state index is 0.518. The van der Waals surface area contributed by atoms with Gasteiger partial charge in [-0.05, 0) is 30.7 Å². The Morgan fingerprint density at radius 2 is 2.24 bits per heavy atom. The molecule has 1 aromatic carbocycles. The average molecular weight is 252 g/mol. The van der Waals surface area contributed by atoms with Crippen molar-refractivity contribution in [2.24, 2.45) is 0 Å². The topological polar surface area (TPSA) is 53.1 Å². The lowest BCUT2D eigenvalue weighted by Crippen LogP contribution is -2.09. The van der Waals surface area contributed by atoms with Gasteiger partial charge < -0.3 is 10.5 Å². The van der Waals surface area contributed by atoms with Crippen LogP contribution in [0, 0.1) is 6.92 Å². The molecule has 90 valence electrons. The van der Waals surface area contributed by atoms with E-state index in [9.17, 15) is 0 Å². The van der Waals surface area contributed by atoms with Crippen LogP contribution in [0.15, 0.2) is 30.5 Å². The normalized spacial score (nSPS) is 10.5. The number of nitrogens with two attached hydrogens (primary N) is 1. The number of anilines is 1. The zero-order chi connectivity index (χ0) is 12.3. The highest BCUT2D eigenvalue weighted by atomic mass is 35.5. The van der Waals surface area contributed by atoms with E-state index in [-0.39, 0.29) is 0 Å². The number of hydrogen-bond acceptors (Lipinski definition) is 3. The van der Waals surface area contributed by atoms with Crippen molar-refractivity contribution in [3.63, 3.8) is 0 Å². The lowest BCUT2D eigenvalue weighted by Gasteiger charge is -2.09. The van der Waals surface area contributed by atoms with E-state index < -0.39 is 0 Å². The van der Waals surface area contributed by atoms with E-state index in [0.29, 0.717) is 24.0 Å². The van der Waals surface area contributed by atoms with Gasteiger partial charge in [0.2, 0.25) is 0 Å². The second-order valence-corrected chi connectivity index (χ2v) is 4.20. The molecule has 0 aliphatic carbocycles. The molecule has 0 atom stereocenters. The Labute approximate surface area is 105 Å². The summed E-state index contributed by atoms with van der Waals surface area (Å²) in [7, 11) is 0. The Kier molecular flexibility index (Phi) is 3.54. The molecule has 0 saturated heterocycles. The molecule has 0 aliphatic rings. The molecule has 0 amide bonds. The zero-order valence-electron chi connectivity index (χ0n) is 9.56. The minimum Gasteiger partial charge on any atom is -0.491 e. The van der Waals surface area contributed by atoms with Crippen molar-refractivity contribution in [3.8, 4) is 5.75 Å². The van der Waals surface area contributed by atoms with Gasteiger partial charge in [0.15, 0.2) is 0 Å². The number of hydrogen-bond donors (Lipinski definition) is 1. The van der Waals surface area contributed by atoms with Crippen LogP contribution < -0.4 is 10.5 Å². The molecule has 0 radical (unpaired) electrons. The van der Waals surface area contributed by atoms with Gasteiger partial charge in [-0.3, -0.25) is 4.68 Å². The van der Waals surface area contributed by atoms with Crippen LogP contribution in [0.25, 0.3) is 0 Å². The van der Waals surface area contributed by atoms with E-state index in [1.54, 1.807) is 10.7 Å². The minimum absolute atomic E-state index is 0.518. The molecule has 2 rings (SSSR count). The summed E-state index contributed by atoms with van der Waals surface area (Å²) in [6, 6.07) is 7.35. The largest absolute Gasteiger partial charge is 0.491 e. The highest BCUT2D eigenvalue weighted by Crippen LogP contribution is 2.22. The van der Waals surface area contributed by atoms with Crippen LogP contribution in [0.3, 0.4) is 0 Å². The van der Waals surface area contributed by atoms with Crippen LogP contribution in [0.5, 0.6) is 5.75 Å². The van der Waals surface area contributed by atoms with Gasteiger partial charge in [0.05, 0.1) is 6.54 Å². The Morgan fingerprint density at radius 1 is 1.41 bits per heavy atom. The van der Waals surface area contributed by atoms with E-state index in [4.69, 9.17) is 22.1 Å². The lowest BCUT2D eigenvalue weighted by molar-refractivity contribution is 0.290. The maximum atomic E-state index is 5.90. The van der Waals surface area contributed by atoms with Gasteiger partial charge in [-0.15, -0.1) is 0 Å². The molecule has 5 heteroatoms. The average Bonchev–Trinajstić information content (AvgIpc) is 2.69. The molecule has 0 bridgehead atoms. The van der Waals surface area contributed by atoms with Crippen molar-refractivity contribution in [1.29, 1.82) is 0 Å². The first-order chi connectivity index (χ1) is 8.15. The van der Waals surface area contributed by atoms with E-state index in [1.165, 1.54) is 0 Å². The van der Waals surface area contributed by atoms with Crippen molar-refractivity contribution in [1.82, 2.24) is 9.78 Å². The smallest absolute Gasteiger partial charge is 0.145 e. The summed E-state index contributed by atoms with van der Waals surface area (Å²) < 4.78 is 7.39. The van der Waals surface area contributed by atoms with E-state index in [2.05, 4.69) is 5.10 Å². The maximum Gasteiger partial charge on any atom is 0.145 e. The first kappa shape index (κ1) is 11.8. The number of aryl methyl sites for hydroxylation is 1. The molecule has 17 heavy (non-hydrogen) atoms. The Balaban J connectivity index is 1.91. The van der Waals surface area contributed by atoms with Crippen LogP contribution in [0.4, 0.5) is 5.82 Å². The SMILES string of the molecule is Cc1ccc(Cl)cc1OCCn1ccc(N)n1. The van der Waals surface area contributed by atoms with Crippen LogP contribution in [0.1, 0.15) is 5.56 Å². The molecular weight excluding hydrogens is 238 g/mol. The molecule has 0 fully saturated rings. The van der Waals surface area contributed by atoms with Crippen LogP contribution >= 0.6 is 11.6 Å². The van der Waals surface area contributed by atoms with Crippen LogP contribution in [0.2, 0.25) is 5.02 Å². The third-order valence-electron chi connectivity index (χ3n) is 2.39. The zero-order valence-corrected chi connectivity index (χ0v) is 10.3.